The van der Waals surface area contributed by atoms with Gasteiger partial charge in [0, 0.05) is 19.1 Å². The fourth-order valence-corrected chi connectivity index (χ4v) is 4.11. The molecule has 1 heterocycles. The molecule has 2 rings (SSSR count). The Bertz CT molecular complexity index is 510. The number of halogens is 1. The first kappa shape index (κ1) is 14.4. The van der Waals surface area contributed by atoms with Crippen molar-refractivity contribution in [2.45, 2.75) is 30.7 Å². The van der Waals surface area contributed by atoms with E-state index < -0.39 is 15.8 Å². The Kier molecular flexibility index (Phi) is 4.54. The van der Waals surface area contributed by atoms with Crippen LogP contribution in [-0.4, -0.2) is 38.4 Å². The minimum Gasteiger partial charge on any atom is -0.315 e. The van der Waals surface area contributed by atoms with Gasteiger partial charge in [0.1, 0.15) is 5.82 Å². The van der Waals surface area contributed by atoms with Gasteiger partial charge in [-0.05, 0) is 43.7 Å². The summed E-state index contributed by atoms with van der Waals surface area (Å²) in [7, 11) is -3.54. The lowest BCUT2D eigenvalue weighted by atomic mass is 10.1. The van der Waals surface area contributed by atoms with Crippen molar-refractivity contribution in [2.75, 3.05) is 19.6 Å². The van der Waals surface area contributed by atoms with Crippen LogP contribution in [0.2, 0.25) is 0 Å². The number of hydrogen-bond donors (Lipinski definition) is 1. The van der Waals surface area contributed by atoms with Crippen LogP contribution in [0, 0.1) is 5.82 Å². The van der Waals surface area contributed by atoms with E-state index in [1.165, 1.54) is 28.6 Å². The molecule has 4 nitrogen and oxygen atoms in total. The molecule has 1 saturated heterocycles. The number of sulfonamides is 1. The molecule has 0 aromatic heterocycles. The van der Waals surface area contributed by atoms with Gasteiger partial charge in [-0.1, -0.05) is 6.92 Å². The number of nitrogens with zero attached hydrogens (tertiary/aromatic N) is 1. The third kappa shape index (κ3) is 3.13. The predicted octanol–water partition coefficient (Wildman–Crippen LogP) is 1.59. The zero-order valence-electron chi connectivity index (χ0n) is 11.0. The van der Waals surface area contributed by atoms with Crippen molar-refractivity contribution in [3.05, 3.63) is 30.1 Å². The van der Waals surface area contributed by atoms with E-state index in [9.17, 15) is 12.8 Å². The quantitative estimate of drug-likeness (QED) is 0.914. The predicted molar refractivity (Wildman–Crippen MR) is 71.9 cm³/mol. The van der Waals surface area contributed by atoms with Gasteiger partial charge in [-0.2, -0.15) is 4.31 Å². The number of likely N-dealkylation sites (N-methyl/N-ethyl adjacent to an activating group) is 1. The number of benzene rings is 1. The average molecular weight is 286 g/mol. The Morgan fingerprint density at radius 1 is 1.37 bits per heavy atom. The summed E-state index contributed by atoms with van der Waals surface area (Å²) in [6.07, 6.45) is 1.83. The van der Waals surface area contributed by atoms with E-state index in [4.69, 9.17) is 0 Å². The molecule has 0 radical (unpaired) electrons. The first-order chi connectivity index (χ1) is 9.05. The lowest BCUT2D eigenvalue weighted by Gasteiger charge is -2.33. The highest BCUT2D eigenvalue weighted by Gasteiger charge is 2.30. The lowest BCUT2D eigenvalue weighted by molar-refractivity contribution is 0.274. The van der Waals surface area contributed by atoms with Crippen LogP contribution in [0.3, 0.4) is 0 Å². The minimum absolute atomic E-state index is 0.0196. The van der Waals surface area contributed by atoms with E-state index in [1.54, 1.807) is 0 Å². The summed E-state index contributed by atoms with van der Waals surface area (Å²) in [6, 6.07) is 4.99. The maximum Gasteiger partial charge on any atom is 0.243 e. The Hall–Kier alpha value is -0.980. The molecule has 1 aromatic rings. The Balaban J connectivity index is 2.27. The molecule has 0 amide bonds. The maximum atomic E-state index is 12.9. The number of rotatable bonds is 4. The maximum absolute atomic E-state index is 12.9. The van der Waals surface area contributed by atoms with E-state index >= 15 is 0 Å². The fourth-order valence-electron chi connectivity index (χ4n) is 2.45. The Morgan fingerprint density at radius 3 is 2.58 bits per heavy atom. The van der Waals surface area contributed by atoms with Gasteiger partial charge in [0.2, 0.25) is 10.0 Å². The van der Waals surface area contributed by atoms with Gasteiger partial charge >= 0.3 is 0 Å². The zero-order valence-corrected chi connectivity index (χ0v) is 11.8. The summed E-state index contributed by atoms with van der Waals surface area (Å²) in [6.45, 7) is 3.86. The van der Waals surface area contributed by atoms with Crippen molar-refractivity contribution in [2.24, 2.45) is 0 Å². The molecule has 1 atom stereocenters. The van der Waals surface area contributed by atoms with Crippen LogP contribution in [-0.2, 0) is 10.0 Å². The first-order valence-electron chi connectivity index (χ1n) is 6.54. The summed E-state index contributed by atoms with van der Waals surface area (Å²) >= 11 is 0. The minimum atomic E-state index is -3.54. The summed E-state index contributed by atoms with van der Waals surface area (Å²) in [5.41, 5.74) is 0. The van der Waals surface area contributed by atoms with Gasteiger partial charge < -0.3 is 5.32 Å². The molecule has 0 spiro atoms. The van der Waals surface area contributed by atoms with Gasteiger partial charge in [0.05, 0.1) is 4.90 Å². The van der Waals surface area contributed by atoms with Crippen molar-refractivity contribution in [1.29, 1.82) is 0 Å². The number of nitrogens with one attached hydrogen (secondary N) is 1. The van der Waals surface area contributed by atoms with Crippen LogP contribution in [0.15, 0.2) is 29.2 Å². The zero-order chi connectivity index (χ0) is 13.9. The second kappa shape index (κ2) is 5.98. The van der Waals surface area contributed by atoms with Crippen molar-refractivity contribution in [1.82, 2.24) is 9.62 Å². The molecule has 1 aliphatic heterocycles. The van der Waals surface area contributed by atoms with Crippen molar-refractivity contribution >= 4 is 10.0 Å². The molecule has 0 bridgehead atoms. The van der Waals surface area contributed by atoms with Crippen LogP contribution >= 0.6 is 0 Å². The van der Waals surface area contributed by atoms with E-state index in [2.05, 4.69) is 5.32 Å². The highest BCUT2D eigenvalue weighted by Crippen LogP contribution is 2.21. The third-order valence-corrected chi connectivity index (χ3v) is 5.45. The highest BCUT2D eigenvalue weighted by atomic mass is 32.2. The van der Waals surface area contributed by atoms with Gasteiger partial charge in [-0.15, -0.1) is 0 Å². The van der Waals surface area contributed by atoms with Gasteiger partial charge in [0.15, 0.2) is 0 Å². The SMILES string of the molecule is CCN(C1CCCNC1)S(=O)(=O)c1ccc(F)cc1. The number of piperidine rings is 1. The molecule has 1 aliphatic rings. The van der Waals surface area contributed by atoms with Crippen LogP contribution in [0.1, 0.15) is 19.8 Å². The third-order valence-electron chi connectivity index (χ3n) is 3.41. The van der Waals surface area contributed by atoms with Crippen molar-refractivity contribution in [3.63, 3.8) is 0 Å². The van der Waals surface area contributed by atoms with Crippen LogP contribution in [0.4, 0.5) is 4.39 Å². The molecular weight excluding hydrogens is 267 g/mol. The smallest absolute Gasteiger partial charge is 0.243 e. The topological polar surface area (TPSA) is 49.4 Å². The molecule has 1 aromatic carbocycles. The van der Waals surface area contributed by atoms with Gasteiger partial charge in [-0.3, -0.25) is 0 Å². The summed E-state index contributed by atoms with van der Waals surface area (Å²) < 4.78 is 39.5. The van der Waals surface area contributed by atoms with Crippen LogP contribution in [0.5, 0.6) is 0 Å². The molecule has 19 heavy (non-hydrogen) atoms. The van der Waals surface area contributed by atoms with Crippen molar-refractivity contribution in [3.8, 4) is 0 Å². The largest absolute Gasteiger partial charge is 0.315 e. The Labute approximate surface area is 113 Å². The second-order valence-electron chi connectivity index (χ2n) is 4.66. The molecule has 1 unspecified atom stereocenters. The van der Waals surface area contributed by atoms with Gasteiger partial charge in [-0.25, -0.2) is 12.8 Å². The molecule has 0 saturated carbocycles. The molecule has 1 fully saturated rings. The monoisotopic (exact) mass is 286 g/mol. The standard InChI is InChI=1S/C13H19FN2O2S/c1-2-16(12-4-3-9-15-10-12)19(17,18)13-7-5-11(14)6-8-13/h5-8,12,15H,2-4,9-10H2,1H3. The first-order valence-corrected chi connectivity index (χ1v) is 7.98. The van der Waals surface area contributed by atoms with E-state index in [1.807, 2.05) is 6.92 Å². The molecule has 106 valence electrons. The average Bonchev–Trinajstić information content (AvgIpc) is 2.41. The van der Waals surface area contributed by atoms with Crippen molar-refractivity contribution < 1.29 is 12.8 Å². The van der Waals surface area contributed by atoms with E-state index in [-0.39, 0.29) is 10.9 Å². The van der Waals surface area contributed by atoms with Gasteiger partial charge in [0.25, 0.3) is 0 Å². The summed E-state index contributed by atoms with van der Waals surface area (Å²) in [5, 5.41) is 3.22. The molecule has 1 N–H and O–H groups in total. The molecule has 0 aliphatic carbocycles. The summed E-state index contributed by atoms with van der Waals surface area (Å²) in [5.74, 6) is -0.429. The van der Waals surface area contributed by atoms with Crippen LogP contribution in [0.25, 0.3) is 0 Å². The van der Waals surface area contributed by atoms with E-state index in [0.29, 0.717) is 13.1 Å². The molecule has 6 heteroatoms. The number of hydrogen-bond acceptors (Lipinski definition) is 3. The fraction of sp³-hybridized carbons (Fsp3) is 0.538. The van der Waals surface area contributed by atoms with E-state index in [0.717, 1.165) is 19.4 Å². The second-order valence-corrected chi connectivity index (χ2v) is 6.55. The highest BCUT2D eigenvalue weighted by molar-refractivity contribution is 7.89. The molecular formula is C13H19FN2O2S. The normalized spacial score (nSPS) is 20.7. The van der Waals surface area contributed by atoms with Crippen LogP contribution < -0.4 is 5.32 Å². The lowest BCUT2D eigenvalue weighted by Crippen LogP contribution is -2.48. The Morgan fingerprint density at radius 2 is 2.05 bits per heavy atom. The summed E-state index contributed by atoms with van der Waals surface area (Å²) in [4.78, 5) is 0.154.